The molecule has 134 valence electrons. The first-order chi connectivity index (χ1) is 12.4. The second-order valence-corrected chi connectivity index (χ2v) is 7.13. The number of thiazole rings is 1. The summed E-state index contributed by atoms with van der Waals surface area (Å²) >= 11 is 7.57. The van der Waals surface area contributed by atoms with Gasteiger partial charge in [-0.05, 0) is 55.8 Å². The predicted molar refractivity (Wildman–Crippen MR) is 103 cm³/mol. The van der Waals surface area contributed by atoms with Crippen LogP contribution >= 0.6 is 22.9 Å². The Bertz CT molecular complexity index is 1060. The monoisotopic (exact) mass is 388 g/mol. The highest BCUT2D eigenvalue weighted by atomic mass is 35.5. The molecule has 0 aliphatic carbocycles. The maximum absolute atomic E-state index is 12.5. The summed E-state index contributed by atoms with van der Waals surface area (Å²) in [5.74, 6) is -0.805. The Morgan fingerprint density at radius 3 is 2.46 bits per heavy atom. The van der Waals surface area contributed by atoms with Gasteiger partial charge in [0.15, 0.2) is 4.80 Å². The number of carbonyl (C=O) groups is 2. The number of aryl methyl sites for hydroxylation is 2. The van der Waals surface area contributed by atoms with E-state index in [1.54, 1.807) is 24.3 Å². The Balaban J connectivity index is 2.05. The molecular formula is C19H17ClN2O3S. The fourth-order valence-electron chi connectivity index (χ4n) is 2.77. The zero-order valence-corrected chi connectivity index (χ0v) is 16.1. The molecule has 0 saturated carbocycles. The third-order valence-electron chi connectivity index (χ3n) is 4.00. The van der Waals surface area contributed by atoms with Crippen molar-refractivity contribution in [3.05, 3.63) is 62.9 Å². The fourth-order valence-corrected chi connectivity index (χ4v) is 4.32. The van der Waals surface area contributed by atoms with Crippen LogP contribution in [0.5, 0.6) is 0 Å². The molecule has 0 N–H and O–H groups in total. The van der Waals surface area contributed by atoms with Crippen LogP contribution in [0.1, 0.15) is 33.2 Å². The van der Waals surface area contributed by atoms with Crippen LogP contribution in [-0.2, 0) is 11.3 Å². The molecule has 0 unspecified atom stereocenters. The molecule has 3 rings (SSSR count). The van der Waals surface area contributed by atoms with Gasteiger partial charge in [0.25, 0.3) is 5.91 Å². The summed E-state index contributed by atoms with van der Waals surface area (Å²) in [6, 6.07) is 10.0. The normalized spacial score (nSPS) is 11.8. The van der Waals surface area contributed by atoms with Gasteiger partial charge in [0.1, 0.15) is 0 Å². The SMILES string of the molecule is CCn1c(=NC(=O)c2ccc(C(=O)OC)cc2)sc2cc(Cl)cc(C)c21. The first kappa shape index (κ1) is 18.4. The first-order valence-electron chi connectivity index (χ1n) is 8.01. The number of hydrogen-bond donors (Lipinski definition) is 0. The van der Waals surface area contributed by atoms with Gasteiger partial charge in [-0.3, -0.25) is 4.79 Å². The predicted octanol–water partition coefficient (Wildman–Crippen LogP) is 4.21. The van der Waals surface area contributed by atoms with Gasteiger partial charge in [0.05, 0.1) is 22.9 Å². The lowest BCUT2D eigenvalue weighted by molar-refractivity contribution is 0.0600. The van der Waals surface area contributed by atoms with Crippen molar-refractivity contribution in [2.24, 2.45) is 4.99 Å². The summed E-state index contributed by atoms with van der Waals surface area (Å²) in [6.45, 7) is 4.69. The Labute approximate surface area is 159 Å². The third kappa shape index (κ3) is 3.43. The Kier molecular flexibility index (Phi) is 5.25. The summed E-state index contributed by atoms with van der Waals surface area (Å²) in [6.07, 6.45) is 0. The maximum Gasteiger partial charge on any atom is 0.337 e. The zero-order chi connectivity index (χ0) is 18.8. The van der Waals surface area contributed by atoms with Crippen molar-refractivity contribution in [2.75, 3.05) is 7.11 Å². The summed E-state index contributed by atoms with van der Waals surface area (Å²) in [4.78, 5) is 28.9. The minimum absolute atomic E-state index is 0.362. The molecule has 0 aliphatic heterocycles. The van der Waals surface area contributed by atoms with E-state index in [0.717, 1.165) is 15.8 Å². The summed E-state index contributed by atoms with van der Waals surface area (Å²) in [5.41, 5.74) is 2.88. The van der Waals surface area contributed by atoms with Gasteiger partial charge in [-0.15, -0.1) is 0 Å². The highest BCUT2D eigenvalue weighted by molar-refractivity contribution is 7.16. The number of amides is 1. The van der Waals surface area contributed by atoms with E-state index in [2.05, 4.69) is 9.73 Å². The van der Waals surface area contributed by atoms with Gasteiger partial charge in [0, 0.05) is 17.1 Å². The van der Waals surface area contributed by atoms with Crippen LogP contribution in [0.3, 0.4) is 0 Å². The number of rotatable bonds is 3. The second-order valence-electron chi connectivity index (χ2n) is 5.68. The average molecular weight is 389 g/mol. The largest absolute Gasteiger partial charge is 0.465 e. The van der Waals surface area contributed by atoms with Crippen LogP contribution in [0.25, 0.3) is 10.2 Å². The molecule has 1 aromatic heterocycles. The number of nitrogens with zero attached hydrogens (tertiary/aromatic N) is 2. The van der Waals surface area contributed by atoms with Crippen LogP contribution in [-0.4, -0.2) is 23.6 Å². The Morgan fingerprint density at radius 1 is 1.19 bits per heavy atom. The molecule has 0 radical (unpaired) electrons. The van der Waals surface area contributed by atoms with Crippen molar-refractivity contribution in [3.8, 4) is 0 Å². The number of hydrogen-bond acceptors (Lipinski definition) is 4. The molecule has 7 heteroatoms. The van der Waals surface area contributed by atoms with Crippen LogP contribution in [0, 0.1) is 6.92 Å². The van der Waals surface area contributed by atoms with Crippen molar-refractivity contribution < 1.29 is 14.3 Å². The van der Waals surface area contributed by atoms with Crippen molar-refractivity contribution in [3.63, 3.8) is 0 Å². The molecule has 0 aliphatic rings. The number of fused-ring (bicyclic) bond motifs is 1. The number of esters is 1. The lowest BCUT2D eigenvalue weighted by atomic mass is 10.1. The molecule has 0 spiro atoms. The van der Waals surface area contributed by atoms with E-state index in [-0.39, 0.29) is 5.91 Å². The standard InChI is InChI=1S/C19H17ClN2O3S/c1-4-22-16-11(2)9-14(20)10-15(16)26-19(22)21-17(23)12-5-7-13(8-6-12)18(24)25-3/h5-10H,4H2,1-3H3. The molecule has 0 atom stereocenters. The molecule has 0 saturated heterocycles. The summed E-state index contributed by atoms with van der Waals surface area (Å²) < 4.78 is 7.65. The summed E-state index contributed by atoms with van der Waals surface area (Å²) in [5, 5.41) is 0.663. The van der Waals surface area contributed by atoms with Crippen molar-refractivity contribution in [1.82, 2.24) is 4.57 Å². The topological polar surface area (TPSA) is 60.7 Å². The van der Waals surface area contributed by atoms with E-state index >= 15 is 0 Å². The maximum atomic E-state index is 12.5. The minimum atomic E-state index is -0.443. The van der Waals surface area contributed by atoms with E-state index in [9.17, 15) is 9.59 Å². The Morgan fingerprint density at radius 2 is 1.85 bits per heavy atom. The average Bonchev–Trinajstić information content (AvgIpc) is 2.98. The number of ether oxygens (including phenoxy) is 1. The molecule has 26 heavy (non-hydrogen) atoms. The Hall–Kier alpha value is -2.44. The van der Waals surface area contributed by atoms with Crippen LogP contribution in [0.2, 0.25) is 5.02 Å². The lowest BCUT2D eigenvalue weighted by Crippen LogP contribution is -2.16. The van der Waals surface area contributed by atoms with E-state index in [0.29, 0.717) is 27.5 Å². The molecule has 0 bridgehead atoms. The molecule has 2 aromatic carbocycles. The summed E-state index contributed by atoms with van der Waals surface area (Å²) in [7, 11) is 1.32. The van der Waals surface area contributed by atoms with Gasteiger partial charge >= 0.3 is 5.97 Å². The van der Waals surface area contributed by atoms with Gasteiger partial charge < -0.3 is 9.30 Å². The van der Waals surface area contributed by atoms with E-state index in [1.807, 2.05) is 30.5 Å². The van der Waals surface area contributed by atoms with Gasteiger partial charge in [-0.1, -0.05) is 22.9 Å². The highest BCUT2D eigenvalue weighted by Crippen LogP contribution is 2.25. The van der Waals surface area contributed by atoms with Crippen molar-refractivity contribution in [1.29, 1.82) is 0 Å². The molecule has 0 fully saturated rings. The number of aromatic nitrogens is 1. The molecule has 3 aromatic rings. The van der Waals surface area contributed by atoms with E-state index < -0.39 is 5.97 Å². The third-order valence-corrected chi connectivity index (χ3v) is 5.24. The smallest absolute Gasteiger partial charge is 0.337 e. The quantitative estimate of drug-likeness (QED) is 0.631. The fraction of sp³-hybridized carbons (Fsp3) is 0.211. The van der Waals surface area contributed by atoms with Gasteiger partial charge in [0.2, 0.25) is 0 Å². The molecule has 1 amide bonds. The molecular weight excluding hydrogens is 372 g/mol. The van der Waals surface area contributed by atoms with Gasteiger partial charge in [-0.2, -0.15) is 4.99 Å². The minimum Gasteiger partial charge on any atom is -0.465 e. The second kappa shape index (κ2) is 7.43. The number of benzene rings is 2. The van der Waals surface area contributed by atoms with Crippen LogP contribution in [0.15, 0.2) is 41.4 Å². The molecule has 5 nitrogen and oxygen atoms in total. The number of methoxy groups -OCH3 is 1. The van der Waals surface area contributed by atoms with Crippen molar-refractivity contribution >= 4 is 45.0 Å². The van der Waals surface area contributed by atoms with E-state index in [1.165, 1.54) is 18.4 Å². The van der Waals surface area contributed by atoms with Crippen LogP contribution < -0.4 is 4.80 Å². The lowest BCUT2D eigenvalue weighted by Gasteiger charge is -2.04. The highest BCUT2D eigenvalue weighted by Gasteiger charge is 2.12. The van der Waals surface area contributed by atoms with Crippen LogP contribution in [0.4, 0.5) is 0 Å². The zero-order valence-electron chi connectivity index (χ0n) is 14.6. The first-order valence-corrected chi connectivity index (χ1v) is 9.21. The van der Waals surface area contributed by atoms with E-state index in [4.69, 9.17) is 11.6 Å². The molecule has 1 heterocycles. The van der Waals surface area contributed by atoms with Gasteiger partial charge in [-0.25, -0.2) is 4.79 Å². The van der Waals surface area contributed by atoms with Crippen molar-refractivity contribution in [2.45, 2.75) is 20.4 Å². The number of halogens is 1. The number of carbonyl (C=O) groups excluding carboxylic acids is 2.